The average molecular weight is 300 g/mol. The second kappa shape index (κ2) is 9.00. The number of esters is 2. The number of cyclic esters (lactones) is 2. The molecule has 2 rings (SSSR count). The number of hydrogen-bond donors (Lipinski definition) is 0. The van der Waals surface area contributed by atoms with E-state index in [9.17, 15) is 9.59 Å². The van der Waals surface area contributed by atoms with Crippen LogP contribution in [0, 0.1) is 11.8 Å². The summed E-state index contributed by atoms with van der Waals surface area (Å²) in [5, 5.41) is 0. The van der Waals surface area contributed by atoms with Crippen LogP contribution in [-0.4, -0.2) is 51.6 Å². The minimum atomic E-state index is -0.0708. The predicted molar refractivity (Wildman–Crippen MR) is 73.6 cm³/mol. The van der Waals surface area contributed by atoms with Crippen LogP contribution in [0.3, 0.4) is 0 Å². The van der Waals surface area contributed by atoms with Crippen molar-refractivity contribution in [3.8, 4) is 0 Å². The molecule has 2 saturated heterocycles. The van der Waals surface area contributed by atoms with Crippen LogP contribution >= 0.6 is 0 Å². The summed E-state index contributed by atoms with van der Waals surface area (Å²) in [5.74, 6) is 0.0619. The summed E-state index contributed by atoms with van der Waals surface area (Å²) in [5.41, 5.74) is 0. The van der Waals surface area contributed by atoms with Crippen LogP contribution in [0.2, 0.25) is 0 Å². The third-order valence-electron chi connectivity index (χ3n) is 3.78. The monoisotopic (exact) mass is 300 g/mol. The summed E-state index contributed by atoms with van der Waals surface area (Å²) in [6.07, 6.45) is 4.39. The zero-order valence-electron chi connectivity index (χ0n) is 12.4. The Balaban J connectivity index is 1.26. The maximum atomic E-state index is 10.9. The van der Waals surface area contributed by atoms with E-state index in [0.29, 0.717) is 39.6 Å². The zero-order chi connectivity index (χ0) is 14.9. The van der Waals surface area contributed by atoms with Crippen molar-refractivity contribution in [1.29, 1.82) is 0 Å². The molecule has 2 aliphatic heterocycles. The van der Waals surface area contributed by atoms with E-state index in [2.05, 4.69) is 0 Å². The summed E-state index contributed by atoms with van der Waals surface area (Å²) in [7, 11) is 0. The van der Waals surface area contributed by atoms with Crippen molar-refractivity contribution in [1.82, 2.24) is 0 Å². The largest absolute Gasteiger partial charge is 0.464 e. The first kappa shape index (κ1) is 16.2. The van der Waals surface area contributed by atoms with Gasteiger partial charge in [-0.05, 0) is 32.1 Å². The van der Waals surface area contributed by atoms with Crippen LogP contribution in [0.4, 0.5) is 0 Å². The molecule has 2 atom stereocenters. The highest BCUT2D eigenvalue weighted by atomic mass is 16.6. The van der Waals surface area contributed by atoms with Crippen LogP contribution in [0.1, 0.15) is 32.1 Å². The van der Waals surface area contributed by atoms with Gasteiger partial charge >= 0.3 is 11.9 Å². The highest BCUT2D eigenvalue weighted by Crippen LogP contribution is 2.18. The van der Waals surface area contributed by atoms with Crippen LogP contribution in [0.15, 0.2) is 0 Å². The van der Waals surface area contributed by atoms with Gasteiger partial charge < -0.3 is 18.9 Å². The van der Waals surface area contributed by atoms with E-state index in [1.54, 1.807) is 0 Å². The first-order chi connectivity index (χ1) is 10.3. The van der Waals surface area contributed by atoms with E-state index in [1.165, 1.54) is 0 Å². The zero-order valence-corrected chi connectivity index (χ0v) is 12.4. The van der Waals surface area contributed by atoms with Gasteiger partial charge in [-0.25, -0.2) is 0 Å². The van der Waals surface area contributed by atoms with Gasteiger partial charge in [0.25, 0.3) is 0 Å². The molecule has 6 nitrogen and oxygen atoms in total. The van der Waals surface area contributed by atoms with Crippen LogP contribution in [-0.2, 0) is 28.5 Å². The second-order valence-electron chi connectivity index (χ2n) is 5.52. The Bertz CT molecular complexity index is 311. The molecule has 0 bridgehead atoms. The van der Waals surface area contributed by atoms with E-state index >= 15 is 0 Å². The molecule has 2 aliphatic rings. The fourth-order valence-electron chi connectivity index (χ4n) is 2.27. The summed E-state index contributed by atoms with van der Waals surface area (Å²) < 4.78 is 20.4. The van der Waals surface area contributed by atoms with E-state index in [4.69, 9.17) is 18.9 Å². The Morgan fingerprint density at radius 1 is 0.762 bits per heavy atom. The number of carbonyl (C=O) groups is 2. The minimum Gasteiger partial charge on any atom is -0.464 e. The van der Waals surface area contributed by atoms with Crippen molar-refractivity contribution < 1.29 is 28.5 Å². The van der Waals surface area contributed by atoms with Crippen LogP contribution < -0.4 is 0 Å². The van der Waals surface area contributed by atoms with Gasteiger partial charge in [-0.15, -0.1) is 0 Å². The van der Waals surface area contributed by atoms with Crippen LogP contribution in [0.25, 0.3) is 0 Å². The summed E-state index contributed by atoms with van der Waals surface area (Å²) in [6.45, 7) is 3.89. The highest BCUT2D eigenvalue weighted by molar-refractivity contribution is 5.77. The molecule has 0 aromatic rings. The van der Waals surface area contributed by atoms with Crippen molar-refractivity contribution in [3.05, 3.63) is 0 Å². The third kappa shape index (κ3) is 5.63. The lowest BCUT2D eigenvalue weighted by molar-refractivity contribution is -0.170. The first-order valence-corrected chi connectivity index (χ1v) is 7.76. The smallest absolute Gasteiger partial charge is 0.312 e. The molecule has 0 N–H and O–H groups in total. The quantitative estimate of drug-likeness (QED) is 0.400. The lowest BCUT2D eigenvalue weighted by atomic mass is 10.0. The number of rotatable bonds is 12. The van der Waals surface area contributed by atoms with Crippen molar-refractivity contribution in [2.75, 3.05) is 39.6 Å². The average Bonchev–Trinajstić information content (AvgIpc) is 2.48. The van der Waals surface area contributed by atoms with E-state index in [0.717, 1.165) is 32.1 Å². The van der Waals surface area contributed by atoms with Crippen LogP contribution in [0.5, 0.6) is 0 Å². The van der Waals surface area contributed by atoms with Gasteiger partial charge in [0.05, 0.1) is 11.8 Å². The van der Waals surface area contributed by atoms with Crippen molar-refractivity contribution in [3.63, 3.8) is 0 Å². The van der Waals surface area contributed by atoms with E-state index in [-0.39, 0.29) is 23.8 Å². The second-order valence-corrected chi connectivity index (χ2v) is 5.52. The Morgan fingerprint density at radius 3 is 1.52 bits per heavy atom. The van der Waals surface area contributed by atoms with Crippen molar-refractivity contribution >= 4 is 11.9 Å². The molecule has 21 heavy (non-hydrogen) atoms. The van der Waals surface area contributed by atoms with Crippen molar-refractivity contribution in [2.45, 2.75) is 32.1 Å². The third-order valence-corrected chi connectivity index (χ3v) is 3.78. The summed E-state index contributed by atoms with van der Waals surface area (Å²) in [4.78, 5) is 21.8. The molecule has 0 radical (unpaired) electrons. The molecule has 2 unspecified atom stereocenters. The van der Waals surface area contributed by atoms with Crippen molar-refractivity contribution in [2.24, 2.45) is 11.8 Å². The fraction of sp³-hybridized carbons (Fsp3) is 0.867. The molecule has 0 amide bonds. The predicted octanol–water partition coefficient (Wildman–Crippen LogP) is 1.32. The Labute approximate surface area is 125 Å². The SMILES string of the molecule is O=C1OCC1CCCOCCCOCCCC1COC1=O. The van der Waals surface area contributed by atoms with E-state index in [1.807, 2.05) is 0 Å². The standard InChI is InChI=1S/C15H24O6/c16-14-12(10-20-14)4-1-6-18-8-3-9-19-7-2-5-13-11-21-15(13)17/h12-13H,1-11H2. The first-order valence-electron chi connectivity index (χ1n) is 7.76. The van der Waals surface area contributed by atoms with E-state index < -0.39 is 0 Å². The maximum Gasteiger partial charge on any atom is 0.312 e. The Kier molecular flexibility index (Phi) is 6.95. The van der Waals surface area contributed by atoms with Gasteiger partial charge in [-0.3, -0.25) is 9.59 Å². The molecule has 6 heteroatoms. The maximum absolute atomic E-state index is 10.9. The fourth-order valence-corrected chi connectivity index (χ4v) is 2.27. The summed E-state index contributed by atoms with van der Waals surface area (Å²) in [6, 6.07) is 0. The van der Waals surface area contributed by atoms with Gasteiger partial charge in [0.1, 0.15) is 13.2 Å². The molecule has 0 aliphatic carbocycles. The molecule has 0 saturated carbocycles. The Hall–Kier alpha value is -1.14. The molecular weight excluding hydrogens is 276 g/mol. The number of hydrogen-bond acceptors (Lipinski definition) is 6. The van der Waals surface area contributed by atoms with Gasteiger partial charge in [0.15, 0.2) is 0 Å². The minimum absolute atomic E-state index is 0.0708. The van der Waals surface area contributed by atoms with Gasteiger partial charge in [-0.2, -0.15) is 0 Å². The molecule has 0 aromatic carbocycles. The lowest BCUT2D eigenvalue weighted by Gasteiger charge is -2.24. The van der Waals surface area contributed by atoms with Gasteiger partial charge in [0.2, 0.25) is 0 Å². The van der Waals surface area contributed by atoms with Gasteiger partial charge in [-0.1, -0.05) is 0 Å². The molecule has 120 valence electrons. The normalized spacial score (nSPS) is 24.0. The lowest BCUT2D eigenvalue weighted by Crippen LogP contribution is -2.34. The van der Waals surface area contributed by atoms with Gasteiger partial charge in [0, 0.05) is 26.4 Å². The molecular formula is C15H24O6. The molecule has 2 heterocycles. The number of carbonyl (C=O) groups excluding carboxylic acids is 2. The molecule has 2 fully saturated rings. The highest BCUT2D eigenvalue weighted by Gasteiger charge is 2.30. The Morgan fingerprint density at radius 2 is 1.19 bits per heavy atom. The summed E-state index contributed by atoms with van der Waals surface area (Å²) >= 11 is 0. The number of ether oxygens (including phenoxy) is 4. The molecule has 0 spiro atoms. The topological polar surface area (TPSA) is 71.1 Å². The molecule has 0 aromatic heterocycles.